The molecule has 1 amide bonds. The molecule has 0 aromatic heterocycles. The summed E-state index contributed by atoms with van der Waals surface area (Å²) in [5.74, 6) is 1.23. The summed E-state index contributed by atoms with van der Waals surface area (Å²) >= 11 is 0. The minimum atomic E-state index is 0.318. The van der Waals surface area contributed by atoms with E-state index in [1.165, 1.54) is 0 Å². The van der Waals surface area contributed by atoms with Crippen molar-refractivity contribution in [1.29, 1.82) is 0 Å². The average molecular weight is 289 g/mol. The third kappa shape index (κ3) is 2.97. The van der Waals surface area contributed by atoms with E-state index in [1.54, 1.807) is 0 Å². The number of hydrogen-bond acceptors (Lipinski definition) is 4. The van der Waals surface area contributed by atoms with Crippen molar-refractivity contribution in [1.82, 2.24) is 9.80 Å². The quantitative estimate of drug-likeness (QED) is 0.853. The largest absolute Gasteiger partial charge is 0.494 e. The van der Waals surface area contributed by atoms with Gasteiger partial charge in [0.1, 0.15) is 5.75 Å². The van der Waals surface area contributed by atoms with Gasteiger partial charge in [-0.1, -0.05) is 0 Å². The third-order valence-corrected chi connectivity index (χ3v) is 4.36. The standard InChI is InChI=1S/C16H23N3O2/c1-2-21-15-5-3-13(17)9-12(15)10-18-7-8-19-14(11-18)4-6-16(19)20/h3,5,9,14H,2,4,6-8,10-11,17H2,1H3. The van der Waals surface area contributed by atoms with Crippen LogP contribution >= 0.6 is 0 Å². The average Bonchev–Trinajstić information content (AvgIpc) is 2.83. The lowest BCUT2D eigenvalue weighted by molar-refractivity contribution is -0.130. The molecule has 1 aromatic carbocycles. The van der Waals surface area contributed by atoms with Gasteiger partial charge >= 0.3 is 0 Å². The summed E-state index contributed by atoms with van der Waals surface area (Å²) in [5, 5.41) is 0. The van der Waals surface area contributed by atoms with Crippen molar-refractivity contribution in [3.63, 3.8) is 0 Å². The molecule has 0 aliphatic carbocycles. The Kier molecular flexibility index (Phi) is 4.01. The van der Waals surface area contributed by atoms with Crippen molar-refractivity contribution in [3.8, 4) is 5.75 Å². The molecule has 5 heteroatoms. The third-order valence-electron chi connectivity index (χ3n) is 4.36. The Morgan fingerprint density at radius 1 is 1.38 bits per heavy atom. The molecule has 1 aromatic rings. The summed E-state index contributed by atoms with van der Waals surface area (Å²) in [6.45, 7) is 6.19. The lowest BCUT2D eigenvalue weighted by Gasteiger charge is -2.37. The number of nitrogens with two attached hydrogens (primary N) is 1. The molecule has 2 N–H and O–H groups in total. The summed E-state index contributed by atoms with van der Waals surface area (Å²) in [7, 11) is 0. The topological polar surface area (TPSA) is 58.8 Å². The van der Waals surface area contributed by atoms with Crippen molar-refractivity contribution in [2.75, 3.05) is 32.0 Å². The summed E-state index contributed by atoms with van der Waals surface area (Å²) in [6, 6.07) is 6.21. The molecule has 0 bridgehead atoms. The number of benzene rings is 1. The molecule has 0 spiro atoms. The number of hydrogen-bond donors (Lipinski definition) is 1. The fraction of sp³-hybridized carbons (Fsp3) is 0.562. The number of piperazine rings is 1. The van der Waals surface area contributed by atoms with Crippen molar-refractivity contribution < 1.29 is 9.53 Å². The number of carbonyl (C=O) groups excluding carboxylic acids is 1. The first-order valence-corrected chi connectivity index (χ1v) is 7.70. The summed E-state index contributed by atoms with van der Waals surface area (Å²) < 4.78 is 5.69. The van der Waals surface area contributed by atoms with E-state index in [4.69, 9.17) is 10.5 Å². The van der Waals surface area contributed by atoms with Gasteiger partial charge in [0.25, 0.3) is 0 Å². The first-order chi connectivity index (χ1) is 10.2. The summed E-state index contributed by atoms with van der Waals surface area (Å²) in [4.78, 5) is 16.2. The Bertz CT molecular complexity index is 532. The second-order valence-corrected chi connectivity index (χ2v) is 5.81. The smallest absolute Gasteiger partial charge is 0.222 e. The minimum absolute atomic E-state index is 0.318. The molecular formula is C16H23N3O2. The van der Waals surface area contributed by atoms with Gasteiger partial charge in [0.2, 0.25) is 5.91 Å². The highest BCUT2D eigenvalue weighted by Gasteiger charge is 2.35. The number of ether oxygens (including phenoxy) is 1. The molecule has 3 rings (SSSR count). The number of fused-ring (bicyclic) bond motifs is 1. The molecule has 2 fully saturated rings. The Morgan fingerprint density at radius 2 is 2.24 bits per heavy atom. The number of anilines is 1. The highest BCUT2D eigenvalue weighted by molar-refractivity contribution is 5.78. The van der Waals surface area contributed by atoms with Gasteiger partial charge in [0.05, 0.1) is 6.61 Å². The molecule has 2 aliphatic rings. The summed E-state index contributed by atoms with van der Waals surface area (Å²) in [5.41, 5.74) is 7.81. The fourth-order valence-corrected chi connectivity index (χ4v) is 3.33. The molecule has 21 heavy (non-hydrogen) atoms. The van der Waals surface area contributed by atoms with Crippen LogP contribution in [0.1, 0.15) is 25.3 Å². The Morgan fingerprint density at radius 3 is 3.05 bits per heavy atom. The molecule has 5 nitrogen and oxygen atoms in total. The number of nitrogens with zero attached hydrogens (tertiary/aromatic N) is 2. The zero-order valence-corrected chi connectivity index (χ0v) is 12.5. The van der Waals surface area contributed by atoms with Crippen LogP contribution in [0.2, 0.25) is 0 Å². The van der Waals surface area contributed by atoms with Crippen LogP contribution in [-0.2, 0) is 11.3 Å². The van der Waals surface area contributed by atoms with E-state index in [9.17, 15) is 4.79 Å². The Hall–Kier alpha value is -1.75. The van der Waals surface area contributed by atoms with Crippen LogP contribution in [0.4, 0.5) is 5.69 Å². The zero-order valence-electron chi connectivity index (χ0n) is 12.5. The van der Waals surface area contributed by atoms with Crippen LogP contribution in [0.25, 0.3) is 0 Å². The summed E-state index contributed by atoms with van der Waals surface area (Å²) in [6.07, 6.45) is 1.70. The van der Waals surface area contributed by atoms with Crippen molar-refractivity contribution in [3.05, 3.63) is 23.8 Å². The Labute approximate surface area is 125 Å². The molecule has 2 saturated heterocycles. The SMILES string of the molecule is CCOc1ccc(N)cc1CN1CCN2C(=O)CCC2C1. The second-order valence-electron chi connectivity index (χ2n) is 5.81. The van der Waals surface area contributed by atoms with Crippen LogP contribution in [0.15, 0.2) is 18.2 Å². The van der Waals surface area contributed by atoms with Crippen molar-refractivity contribution in [2.24, 2.45) is 0 Å². The van der Waals surface area contributed by atoms with Crippen LogP contribution in [0.3, 0.4) is 0 Å². The first-order valence-electron chi connectivity index (χ1n) is 7.70. The van der Waals surface area contributed by atoms with Crippen molar-refractivity contribution in [2.45, 2.75) is 32.4 Å². The van der Waals surface area contributed by atoms with Gasteiger partial charge in [-0.2, -0.15) is 0 Å². The predicted molar refractivity (Wildman–Crippen MR) is 82.0 cm³/mol. The predicted octanol–water partition coefficient (Wildman–Crippen LogP) is 1.47. The zero-order chi connectivity index (χ0) is 14.8. The van der Waals surface area contributed by atoms with Gasteiger partial charge in [0.15, 0.2) is 0 Å². The van der Waals surface area contributed by atoms with Gasteiger partial charge in [-0.05, 0) is 31.5 Å². The lowest BCUT2D eigenvalue weighted by Crippen LogP contribution is -2.50. The maximum absolute atomic E-state index is 11.7. The maximum atomic E-state index is 11.7. The van der Waals surface area contributed by atoms with Gasteiger partial charge in [-0.3, -0.25) is 9.69 Å². The van der Waals surface area contributed by atoms with Gasteiger partial charge in [-0.15, -0.1) is 0 Å². The van der Waals surface area contributed by atoms with Crippen LogP contribution < -0.4 is 10.5 Å². The van der Waals surface area contributed by atoms with E-state index in [2.05, 4.69) is 4.90 Å². The van der Waals surface area contributed by atoms with E-state index in [0.717, 1.165) is 49.6 Å². The highest BCUT2D eigenvalue weighted by Crippen LogP contribution is 2.27. The number of amides is 1. The van der Waals surface area contributed by atoms with E-state index >= 15 is 0 Å². The van der Waals surface area contributed by atoms with Gasteiger partial charge < -0.3 is 15.4 Å². The number of rotatable bonds is 4. The van der Waals surface area contributed by atoms with Crippen molar-refractivity contribution >= 4 is 11.6 Å². The van der Waals surface area contributed by atoms with Gasteiger partial charge in [-0.25, -0.2) is 0 Å². The molecule has 114 valence electrons. The lowest BCUT2D eigenvalue weighted by atomic mass is 10.1. The maximum Gasteiger partial charge on any atom is 0.222 e. The minimum Gasteiger partial charge on any atom is -0.494 e. The van der Waals surface area contributed by atoms with Crippen LogP contribution in [-0.4, -0.2) is 48.0 Å². The number of nitrogen functional groups attached to an aromatic ring is 1. The van der Waals surface area contributed by atoms with E-state index < -0.39 is 0 Å². The van der Waals surface area contributed by atoms with E-state index in [1.807, 2.05) is 30.0 Å². The molecule has 2 heterocycles. The second kappa shape index (κ2) is 5.93. The highest BCUT2D eigenvalue weighted by atomic mass is 16.5. The van der Waals surface area contributed by atoms with Gasteiger partial charge in [0, 0.05) is 49.9 Å². The van der Waals surface area contributed by atoms with E-state index in [0.29, 0.717) is 25.0 Å². The van der Waals surface area contributed by atoms with Crippen LogP contribution in [0, 0.1) is 0 Å². The monoisotopic (exact) mass is 289 g/mol. The fourth-order valence-electron chi connectivity index (χ4n) is 3.33. The first kappa shape index (κ1) is 14.2. The molecule has 1 atom stereocenters. The Balaban J connectivity index is 1.69. The molecule has 1 unspecified atom stereocenters. The molecule has 0 saturated carbocycles. The number of carbonyl (C=O) groups is 1. The molecule has 2 aliphatic heterocycles. The van der Waals surface area contributed by atoms with E-state index in [-0.39, 0.29) is 0 Å². The molecule has 0 radical (unpaired) electrons. The molecular weight excluding hydrogens is 266 g/mol. The van der Waals surface area contributed by atoms with Crippen LogP contribution in [0.5, 0.6) is 5.75 Å². The normalized spacial score (nSPS) is 22.4.